The number of anilines is 3. The second kappa shape index (κ2) is 4.52. The third kappa shape index (κ3) is 2.03. The van der Waals surface area contributed by atoms with Gasteiger partial charge in [-0.1, -0.05) is 25.1 Å². The number of nitrogens with two attached hydrogens (primary N) is 1. The first-order valence-corrected chi connectivity index (χ1v) is 7.31. The van der Waals surface area contributed by atoms with Gasteiger partial charge in [-0.05, 0) is 42.2 Å². The summed E-state index contributed by atoms with van der Waals surface area (Å²) in [6.07, 6.45) is 1.12. The maximum atomic E-state index is 5.85. The van der Waals surface area contributed by atoms with Gasteiger partial charge in [0, 0.05) is 17.9 Å². The first-order valence-electron chi connectivity index (χ1n) is 7.31. The summed E-state index contributed by atoms with van der Waals surface area (Å²) < 4.78 is 0. The molecule has 2 heterocycles. The topological polar surface area (TPSA) is 57.9 Å². The van der Waals surface area contributed by atoms with Crippen LogP contribution in [-0.2, 0) is 6.42 Å². The van der Waals surface area contributed by atoms with E-state index in [1.807, 2.05) is 18.2 Å². The SMILES string of the molecule is CC1Cc2ccccc2N(c2nc3ccc(N)cc3[nH]2)C1. The molecule has 21 heavy (non-hydrogen) atoms. The highest BCUT2D eigenvalue weighted by Crippen LogP contribution is 2.34. The maximum Gasteiger partial charge on any atom is 0.208 e. The number of nitrogens with zero attached hydrogens (tertiary/aromatic N) is 2. The summed E-state index contributed by atoms with van der Waals surface area (Å²) in [6, 6.07) is 14.4. The van der Waals surface area contributed by atoms with Crippen molar-refractivity contribution in [2.75, 3.05) is 17.2 Å². The van der Waals surface area contributed by atoms with Crippen LogP contribution in [0.25, 0.3) is 11.0 Å². The number of benzene rings is 2. The Kier molecular flexibility index (Phi) is 2.64. The molecule has 0 aliphatic carbocycles. The van der Waals surface area contributed by atoms with E-state index in [0.717, 1.165) is 35.6 Å². The minimum absolute atomic E-state index is 0.609. The van der Waals surface area contributed by atoms with Crippen LogP contribution in [-0.4, -0.2) is 16.5 Å². The minimum atomic E-state index is 0.609. The van der Waals surface area contributed by atoms with E-state index >= 15 is 0 Å². The van der Waals surface area contributed by atoms with Gasteiger partial charge in [0.25, 0.3) is 0 Å². The third-order valence-electron chi connectivity index (χ3n) is 4.09. The normalized spacial score (nSPS) is 18.0. The number of imidazole rings is 1. The van der Waals surface area contributed by atoms with Crippen LogP contribution in [0.3, 0.4) is 0 Å². The highest BCUT2D eigenvalue weighted by atomic mass is 15.3. The van der Waals surface area contributed by atoms with Gasteiger partial charge in [0.1, 0.15) is 0 Å². The van der Waals surface area contributed by atoms with Crippen molar-refractivity contribution >= 4 is 28.4 Å². The summed E-state index contributed by atoms with van der Waals surface area (Å²) in [5, 5.41) is 0. The average molecular weight is 278 g/mol. The zero-order valence-electron chi connectivity index (χ0n) is 12.0. The third-order valence-corrected chi connectivity index (χ3v) is 4.09. The first-order chi connectivity index (χ1) is 10.2. The lowest BCUT2D eigenvalue weighted by Crippen LogP contribution is -2.31. The highest BCUT2D eigenvalue weighted by Gasteiger charge is 2.24. The molecule has 1 aliphatic heterocycles. The highest BCUT2D eigenvalue weighted by molar-refractivity contribution is 5.82. The van der Waals surface area contributed by atoms with Gasteiger partial charge >= 0.3 is 0 Å². The summed E-state index contributed by atoms with van der Waals surface area (Å²) in [7, 11) is 0. The number of rotatable bonds is 1. The molecule has 0 saturated heterocycles. The lowest BCUT2D eigenvalue weighted by atomic mass is 9.94. The van der Waals surface area contributed by atoms with Crippen LogP contribution in [0.4, 0.5) is 17.3 Å². The number of hydrogen-bond donors (Lipinski definition) is 2. The number of nitrogen functional groups attached to an aromatic ring is 1. The fraction of sp³-hybridized carbons (Fsp3) is 0.235. The molecule has 1 aromatic heterocycles. The fourth-order valence-corrected chi connectivity index (χ4v) is 3.14. The van der Waals surface area contributed by atoms with E-state index in [4.69, 9.17) is 10.7 Å². The lowest BCUT2D eigenvalue weighted by molar-refractivity contribution is 0.558. The zero-order valence-corrected chi connectivity index (χ0v) is 12.0. The van der Waals surface area contributed by atoms with Crippen molar-refractivity contribution in [3.8, 4) is 0 Å². The molecule has 0 bridgehead atoms. The summed E-state index contributed by atoms with van der Waals surface area (Å²) in [4.78, 5) is 10.4. The predicted molar refractivity (Wildman–Crippen MR) is 86.8 cm³/mol. The van der Waals surface area contributed by atoms with Crippen LogP contribution in [0.5, 0.6) is 0 Å². The molecule has 1 unspecified atom stereocenters. The Morgan fingerprint density at radius 2 is 2.10 bits per heavy atom. The van der Waals surface area contributed by atoms with E-state index in [1.165, 1.54) is 11.3 Å². The van der Waals surface area contributed by atoms with Gasteiger partial charge in [-0.15, -0.1) is 0 Å². The number of H-pyrrole nitrogens is 1. The van der Waals surface area contributed by atoms with Gasteiger partial charge in [0.2, 0.25) is 5.95 Å². The van der Waals surface area contributed by atoms with E-state index in [9.17, 15) is 0 Å². The largest absolute Gasteiger partial charge is 0.399 e. The summed E-state index contributed by atoms with van der Waals surface area (Å²) in [5.74, 6) is 1.51. The van der Waals surface area contributed by atoms with Crippen molar-refractivity contribution in [2.24, 2.45) is 5.92 Å². The van der Waals surface area contributed by atoms with E-state index in [1.54, 1.807) is 0 Å². The van der Waals surface area contributed by atoms with Gasteiger partial charge in [-0.3, -0.25) is 0 Å². The van der Waals surface area contributed by atoms with E-state index < -0.39 is 0 Å². The quantitative estimate of drug-likeness (QED) is 0.670. The molecule has 4 rings (SSSR count). The number of aromatic amines is 1. The second-order valence-electron chi connectivity index (χ2n) is 5.89. The number of hydrogen-bond acceptors (Lipinski definition) is 3. The molecule has 106 valence electrons. The molecular weight excluding hydrogens is 260 g/mol. The Labute approximate surface area is 123 Å². The molecule has 0 spiro atoms. The predicted octanol–water partition coefficient (Wildman–Crippen LogP) is 3.48. The van der Waals surface area contributed by atoms with Crippen LogP contribution in [0.1, 0.15) is 12.5 Å². The monoisotopic (exact) mass is 278 g/mol. The molecule has 1 atom stereocenters. The molecule has 4 nitrogen and oxygen atoms in total. The molecule has 2 aromatic carbocycles. The number of aromatic nitrogens is 2. The Morgan fingerprint density at radius 3 is 3.00 bits per heavy atom. The van der Waals surface area contributed by atoms with Crippen molar-refractivity contribution in [2.45, 2.75) is 13.3 Å². The fourth-order valence-electron chi connectivity index (χ4n) is 3.14. The summed E-state index contributed by atoms with van der Waals surface area (Å²) in [6.45, 7) is 3.26. The Bertz CT molecular complexity index is 805. The molecule has 0 fully saturated rings. The van der Waals surface area contributed by atoms with Crippen molar-refractivity contribution in [3.05, 3.63) is 48.0 Å². The Balaban J connectivity index is 1.84. The standard InChI is InChI=1S/C17H18N4/c1-11-8-12-4-2-3-5-16(12)21(10-11)17-19-14-7-6-13(18)9-15(14)20-17/h2-7,9,11H,8,10,18H2,1H3,(H,19,20). The number of para-hydroxylation sites is 1. The van der Waals surface area contributed by atoms with E-state index in [-0.39, 0.29) is 0 Å². The van der Waals surface area contributed by atoms with E-state index in [2.05, 4.69) is 41.1 Å². The smallest absolute Gasteiger partial charge is 0.208 e. The first kappa shape index (κ1) is 12.3. The molecule has 0 radical (unpaired) electrons. The van der Waals surface area contributed by atoms with Crippen LogP contribution in [0.2, 0.25) is 0 Å². The van der Waals surface area contributed by atoms with Crippen molar-refractivity contribution < 1.29 is 0 Å². The van der Waals surface area contributed by atoms with Crippen molar-refractivity contribution in [1.82, 2.24) is 9.97 Å². The van der Waals surface area contributed by atoms with Crippen LogP contribution < -0.4 is 10.6 Å². The summed E-state index contributed by atoms with van der Waals surface area (Å²) >= 11 is 0. The van der Waals surface area contributed by atoms with Gasteiger partial charge in [-0.25, -0.2) is 4.98 Å². The maximum absolute atomic E-state index is 5.85. The van der Waals surface area contributed by atoms with Crippen molar-refractivity contribution in [3.63, 3.8) is 0 Å². The van der Waals surface area contributed by atoms with E-state index in [0.29, 0.717) is 5.92 Å². The molecule has 3 aromatic rings. The van der Waals surface area contributed by atoms with Crippen LogP contribution in [0, 0.1) is 5.92 Å². The number of nitrogens with one attached hydrogen (secondary N) is 1. The summed E-state index contributed by atoms with van der Waals surface area (Å²) in [5.41, 5.74) is 11.2. The molecule has 0 saturated carbocycles. The zero-order chi connectivity index (χ0) is 14.4. The van der Waals surface area contributed by atoms with Crippen molar-refractivity contribution in [1.29, 1.82) is 0 Å². The van der Waals surface area contributed by atoms with Gasteiger partial charge < -0.3 is 15.6 Å². The number of fused-ring (bicyclic) bond motifs is 2. The molecular formula is C17H18N4. The Morgan fingerprint density at radius 1 is 1.24 bits per heavy atom. The van der Waals surface area contributed by atoms with Crippen LogP contribution in [0.15, 0.2) is 42.5 Å². The van der Waals surface area contributed by atoms with Gasteiger partial charge in [-0.2, -0.15) is 0 Å². The average Bonchev–Trinajstić information content (AvgIpc) is 2.89. The molecule has 1 aliphatic rings. The van der Waals surface area contributed by atoms with Gasteiger partial charge in [0.05, 0.1) is 11.0 Å². The molecule has 3 N–H and O–H groups in total. The lowest BCUT2D eigenvalue weighted by Gasteiger charge is -2.32. The Hall–Kier alpha value is -2.49. The molecule has 4 heteroatoms. The molecule has 0 amide bonds. The minimum Gasteiger partial charge on any atom is -0.399 e. The van der Waals surface area contributed by atoms with Gasteiger partial charge in [0.15, 0.2) is 0 Å². The second-order valence-corrected chi connectivity index (χ2v) is 5.89. The van der Waals surface area contributed by atoms with Crippen LogP contribution >= 0.6 is 0 Å².